The van der Waals surface area contributed by atoms with E-state index in [2.05, 4.69) is 28.8 Å². The molecule has 136 valence electrons. The Morgan fingerprint density at radius 1 is 1.36 bits per heavy atom. The van der Waals surface area contributed by atoms with Gasteiger partial charge in [-0.1, -0.05) is 17.4 Å². The fourth-order valence-electron chi connectivity index (χ4n) is 2.39. The van der Waals surface area contributed by atoms with Crippen LogP contribution in [0, 0.1) is 10.9 Å². The van der Waals surface area contributed by atoms with Gasteiger partial charge in [-0.25, -0.2) is 4.68 Å². The lowest BCUT2D eigenvalue weighted by Crippen LogP contribution is -2.23. The summed E-state index contributed by atoms with van der Waals surface area (Å²) in [6, 6.07) is 4.01. The molecule has 0 fully saturated rings. The Hall–Kier alpha value is -1.90. The average Bonchev–Trinajstić information content (AvgIpc) is 2.93. The summed E-state index contributed by atoms with van der Waals surface area (Å²) in [7, 11) is 5.33. The number of benzene rings is 1. The molecule has 1 heterocycles. The highest BCUT2D eigenvalue weighted by atomic mass is 32.1. The fourth-order valence-corrected chi connectivity index (χ4v) is 3.39. The zero-order valence-corrected chi connectivity index (χ0v) is 16.7. The average molecular weight is 381 g/mol. The molecule has 0 spiro atoms. The van der Waals surface area contributed by atoms with Crippen LogP contribution in [-0.2, 0) is 13.2 Å². The Kier molecular flexibility index (Phi) is 6.98. The quantitative estimate of drug-likeness (QED) is 0.529. The van der Waals surface area contributed by atoms with Crippen molar-refractivity contribution in [1.82, 2.24) is 14.7 Å². The van der Waals surface area contributed by atoms with Crippen LogP contribution < -0.4 is 14.8 Å². The molecular weight excluding hydrogens is 356 g/mol. The first-order valence-electron chi connectivity index (χ1n) is 7.81. The number of aromatic nitrogens is 2. The number of aryl methyl sites for hydroxylation is 1. The van der Waals surface area contributed by atoms with Gasteiger partial charge in [0.05, 0.1) is 20.9 Å². The Balaban J connectivity index is 2.10. The monoisotopic (exact) mass is 380 g/mol. The molecule has 0 aliphatic carbocycles. The smallest absolute Gasteiger partial charge is 0.204 e. The molecule has 0 atom stereocenters. The summed E-state index contributed by atoms with van der Waals surface area (Å²) in [6.07, 6.45) is 1.79. The maximum absolute atomic E-state index is 5.40. The summed E-state index contributed by atoms with van der Waals surface area (Å²) >= 11 is 6.86. The van der Waals surface area contributed by atoms with Gasteiger partial charge in [0.1, 0.15) is 0 Å². The van der Waals surface area contributed by atoms with E-state index in [9.17, 15) is 0 Å². The van der Waals surface area contributed by atoms with Crippen LogP contribution in [0.2, 0.25) is 0 Å². The number of nitrogens with one attached hydrogen (secondary N) is 1. The second-order valence-electron chi connectivity index (χ2n) is 5.63. The Morgan fingerprint density at radius 3 is 2.68 bits per heavy atom. The predicted octanol–water partition coefficient (Wildman–Crippen LogP) is 3.69. The van der Waals surface area contributed by atoms with Gasteiger partial charge in [-0.2, -0.15) is 0 Å². The van der Waals surface area contributed by atoms with E-state index in [-0.39, 0.29) is 0 Å². The standard InChI is InChI=1S/C17H24N4O2S2/c1-6-7-18-16-19-21(17(24)25-16)11-20(3)10-13-9-15(23-5)14(22-4)8-12(13)2/h6,8-9H,1,7,10-11H2,2-5H3,(H,18,19). The van der Waals surface area contributed by atoms with E-state index >= 15 is 0 Å². The molecule has 2 aromatic rings. The maximum Gasteiger partial charge on any atom is 0.204 e. The van der Waals surface area contributed by atoms with Crippen molar-refractivity contribution in [2.75, 3.05) is 33.1 Å². The molecule has 2 rings (SSSR count). The minimum atomic E-state index is 0.610. The van der Waals surface area contributed by atoms with Crippen LogP contribution >= 0.6 is 23.6 Å². The van der Waals surface area contributed by atoms with Crippen molar-refractivity contribution >= 4 is 28.7 Å². The van der Waals surface area contributed by atoms with Gasteiger partial charge >= 0.3 is 0 Å². The van der Waals surface area contributed by atoms with Crippen LogP contribution in [0.3, 0.4) is 0 Å². The second-order valence-corrected chi connectivity index (χ2v) is 7.25. The van der Waals surface area contributed by atoms with Crippen LogP contribution in [0.1, 0.15) is 11.1 Å². The second kappa shape index (κ2) is 8.98. The number of methoxy groups -OCH3 is 2. The van der Waals surface area contributed by atoms with Crippen LogP contribution in [0.15, 0.2) is 24.8 Å². The summed E-state index contributed by atoms with van der Waals surface area (Å²) in [5, 5.41) is 8.47. The molecular formula is C17H24N4O2S2. The van der Waals surface area contributed by atoms with Crippen molar-refractivity contribution in [3.05, 3.63) is 39.9 Å². The molecule has 0 amide bonds. The summed E-state index contributed by atoms with van der Waals surface area (Å²) < 4.78 is 13.3. The SMILES string of the molecule is C=CCNc1nn(CN(C)Cc2cc(OC)c(OC)cc2C)c(=S)s1. The van der Waals surface area contributed by atoms with Gasteiger partial charge in [0.15, 0.2) is 15.5 Å². The van der Waals surface area contributed by atoms with E-state index < -0.39 is 0 Å². The lowest BCUT2D eigenvalue weighted by molar-refractivity contribution is 0.244. The van der Waals surface area contributed by atoms with Crippen LogP contribution in [0.4, 0.5) is 5.13 Å². The third-order valence-corrected chi connectivity index (χ3v) is 4.93. The van der Waals surface area contributed by atoms with Crippen molar-refractivity contribution in [3.63, 3.8) is 0 Å². The molecule has 0 aliphatic heterocycles. The van der Waals surface area contributed by atoms with Crippen LogP contribution in [0.5, 0.6) is 11.5 Å². The van der Waals surface area contributed by atoms with E-state index in [1.165, 1.54) is 16.9 Å². The van der Waals surface area contributed by atoms with Crippen LogP contribution in [-0.4, -0.2) is 42.5 Å². The summed E-state index contributed by atoms with van der Waals surface area (Å²) in [5.41, 5.74) is 2.33. The molecule has 1 N–H and O–H groups in total. The number of rotatable bonds is 9. The zero-order valence-electron chi connectivity index (χ0n) is 15.0. The highest BCUT2D eigenvalue weighted by molar-refractivity contribution is 7.73. The van der Waals surface area contributed by atoms with Crippen molar-refractivity contribution in [1.29, 1.82) is 0 Å². The van der Waals surface area contributed by atoms with Gasteiger partial charge in [0, 0.05) is 13.1 Å². The molecule has 8 heteroatoms. The third-order valence-electron chi connectivity index (χ3n) is 3.66. The summed E-state index contributed by atoms with van der Waals surface area (Å²) in [4.78, 5) is 2.15. The topological polar surface area (TPSA) is 51.6 Å². The largest absolute Gasteiger partial charge is 0.493 e. The summed E-state index contributed by atoms with van der Waals surface area (Å²) in [6.45, 7) is 7.79. The Morgan fingerprint density at radius 2 is 2.04 bits per heavy atom. The van der Waals surface area contributed by atoms with Gasteiger partial charge < -0.3 is 14.8 Å². The normalized spacial score (nSPS) is 10.8. The number of hydrogen-bond donors (Lipinski definition) is 1. The first-order chi connectivity index (χ1) is 12.0. The number of ether oxygens (including phenoxy) is 2. The van der Waals surface area contributed by atoms with E-state index in [1.807, 2.05) is 23.9 Å². The minimum Gasteiger partial charge on any atom is -0.493 e. The van der Waals surface area contributed by atoms with E-state index in [0.29, 0.717) is 13.2 Å². The van der Waals surface area contributed by atoms with Gasteiger partial charge in [-0.3, -0.25) is 4.90 Å². The predicted molar refractivity (Wildman–Crippen MR) is 105 cm³/mol. The van der Waals surface area contributed by atoms with Gasteiger partial charge in [-0.15, -0.1) is 11.7 Å². The maximum atomic E-state index is 5.40. The number of hydrogen-bond acceptors (Lipinski definition) is 7. The lowest BCUT2D eigenvalue weighted by Gasteiger charge is -2.19. The molecule has 25 heavy (non-hydrogen) atoms. The van der Waals surface area contributed by atoms with Gasteiger partial charge in [0.25, 0.3) is 0 Å². The minimum absolute atomic E-state index is 0.610. The van der Waals surface area contributed by atoms with Gasteiger partial charge in [-0.05, 0) is 49.4 Å². The molecule has 0 saturated carbocycles. The highest BCUT2D eigenvalue weighted by Crippen LogP contribution is 2.30. The number of anilines is 1. The third kappa shape index (κ3) is 5.04. The summed E-state index contributed by atoms with van der Waals surface area (Å²) in [5.74, 6) is 1.48. The molecule has 0 saturated heterocycles. The van der Waals surface area contributed by atoms with Crippen molar-refractivity contribution in [2.24, 2.45) is 0 Å². The van der Waals surface area contributed by atoms with Crippen molar-refractivity contribution in [3.8, 4) is 11.5 Å². The molecule has 0 unspecified atom stereocenters. The molecule has 6 nitrogen and oxygen atoms in total. The first-order valence-corrected chi connectivity index (χ1v) is 9.03. The van der Waals surface area contributed by atoms with E-state index in [0.717, 1.165) is 32.7 Å². The molecule has 1 aromatic heterocycles. The molecule has 0 aliphatic rings. The zero-order chi connectivity index (χ0) is 18.4. The lowest BCUT2D eigenvalue weighted by atomic mass is 10.1. The van der Waals surface area contributed by atoms with Crippen molar-refractivity contribution in [2.45, 2.75) is 20.1 Å². The first kappa shape index (κ1) is 19.4. The Labute approximate surface area is 157 Å². The number of nitrogens with zero attached hydrogens (tertiary/aromatic N) is 3. The van der Waals surface area contributed by atoms with E-state index in [4.69, 9.17) is 21.7 Å². The fraction of sp³-hybridized carbons (Fsp3) is 0.412. The highest BCUT2D eigenvalue weighted by Gasteiger charge is 2.12. The molecule has 1 aromatic carbocycles. The van der Waals surface area contributed by atoms with Gasteiger partial charge in [0.2, 0.25) is 5.13 Å². The van der Waals surface area contributed by atoms with E-state index in [1.54, 1.807) is 20.3 Å². The molecule has 0 bridgehead atoms. The van der Waals surface area contributed by atoms with Crippen LogP contribution in [0.25, 0.3) is 0 Å². The molecule has 0 radical (unpaired) electrons. The van der Waals surface area contributed by atoms with Crippen molar-refractivity contribution < 1.29 is 9.47 Å². The Bertz CT molecular complexity index is 785.